The number of anilines is 2. The Morgan fingerprint density at radius 2 is 2.06 bits per heavy atom. The zero-order valence-corrected chi connectivity index (χ0v) is 9.36. The van der Waals surface area contributed by atoms with Crippen LogP contribution in [0.25, 0.3) is 0 Å². The third kappa shape index (κ3) is 4.18. The van der Waals surface area contributed by atoms with Gasteiger partial charge in [0.2, 0.25) is 0 Å². The number of hydrogen-bond donors (Lipinski definition) is 2. The Bertz CT molecular complexity index is 366. The molecule has 0 radical (unpaired) electrons. The molecule has 0 saturated carbocycles. The van der Waals surface area contributed by atoms with Crippen molar-refractivity contribution in [1.82, 2.24) is 0 Å². The van der Waals surface area contributed by atoms with Crippen LogP contribution >= 0.6 is 11.6 Å². The lowest BCUT2D eigenvalue weighted by Crippen LogP contribution is -2.24. The molecule has 0 fully saturated rings. The van der Waals surface area contributed by atoms with E-state index < -0.39 is 18.6 Å². The molecule has 6 heteroatoms. The molecule has 0 aliphatic heterocycles. The first-order valence-electron chi connectivity index (χ1n) is 4.66. The molecule has 3 N–H and O–H groups in total. The summed E-state index contributed by atoms with van der Waals surface area (Å²) < 4.78 is 36.3. The summed E-state index contributed by atoms with van der Waals surface area (Å²) in [6.45, 7) is 1.44. The molecule has 0 amide bonds. The summed E-state index contributed by atoms with van der Waals surface area (Å²) in [5.41, 5.74) is 6.39. The molecule has 0 saturated heterocycles. The van der Waals surface area contributed by atoms with Crippen molar-refractivity contribution in [3.05, 3.63) is 23.2 Å². The average Bonchev–Trinajstić information content (AvgIpc) is 2.08. The Labute approximate surface area is 96.6 Å². The zero-order valence-electron chi connectivity index (χ0n) is 8.61. The van der Waals surface area contributed by atoms with Crippen molar-refractivity contribution >= 4 is 23.0 Å². The fourth-order valence-corrected chi connectivity index (χ4v) is 1.49. The summed E-state index contributed by atoms with van der Waals surface area (Å²) in [6.07, 6.45) is -5.11. The van der Waals surface area contributed by atoms with Gasteiger partial charge in [0.05, 0.1) is 17.8 Å². The molecule has 16 heavy (non-hydrogen) atoms. The van der Waals surface area contributed by atoms with Crippen LogP contribution in [0.5, 0.6) is 0 Å². The van der Waals surface area contributed by atoms with E-state index in [1.165, 1.54) is 13.0 Å². The molecule has 0 aliphatic rings. The van der Waals surface area contributed by atoms with Crippen LogP contribution in [0, 0.1) is 0 Å². The molecule has 1 aromatic carbocycles. The largest absolute Gasteiger partial charge is 0.397 e. The minimum atomic E-state index is -4.19. The fraction of sp³-hybridized carbons (Fsp3) is 0.400. The van der Waals surface area contributed by atoms with E-state index in [2.05, 4.69) is 5.32 Å². The Kier molecular flexibility index (Phi) is 3.91. The van der Waals surface area contributed by atoms with Crippen molar-refractivity contribution in [2.45, 2.75) is 25.6 Å². The van der Waals surface area contributed by atoms with Gasteiger partial charge in [-0.3, -0.25) is 0 Å². The maximum absolute atomic E-state index is 12.1. The summed E-state index contributed by atoms with van der Waals surface area (Å²) >= 11 is 5.72. The van der Waals surface area contributed by atoms with Crippen LogP contribution < -0.4 is 11.1 Å². The van der Waals surface area contributed by atoms with Gasteiger partial charge < -0.3 is 11.1 Å². The van der Waals surface area contributed by atoms with Crippen molar-refractivity contribution in [3.8, 4) is 0 Å². The highest BCUT2D eigenvalue weighted by Gasteiger charge is 2.30. The molecule has 0 spiro atoms. The second-order valence-corrected chi connectivity index (χ2v) is 4.03. The normalized spacial score (nSPS) is 13.6. The molecular formula is C10H12ClF3N2. The van der Waals surface area contributed by atoms with Crippen molar-refractivity contribution < 1.29 is 13.2 Å². The first-order valence-corrected chi connectivity index (χ1v) is 5.04. The van der Waals surface area contributed by atoms with Gasteiger partial charge in [0.15, 0.2) is 0 Å². The molecule has 0 heterocycles. The number of rotatable bonds is 3. The Balaban J connectivity index is 2.69. The van der Waals surface area contributed by atoms with E-state index in [4.69, 9.17) is 17.3 Å². The summed E-state index contributed by atoms with van der Waals surface area (Å²) in [5.74, 6) is 0. The summed E-state index contributed by atoms with van der Waals surface area (Å²) in [5, 5.41) is 3.10. The molecule has 2 nitrogen and oxygen atoms in total. The van der Waals surface area contributed by atoms with Crippen LogP contribution in [0.2, 0.25) is 5.02 Å². The van der Waals surface area contributed by atoms with E-state index >= 15 is 0 Å². The maximum Gasteiger partial charge on any atom is 0.391 e. The quantitative estimate of drug-likeness (QED) is 0.806. The Hall–Kier alpha value is -1.10. The van der Waals surface area contributed by atoms with E-state index in [1.807, 2.05) is 0 Å². The SMILES string of the molecule is CC(CC(F)(F)F)Nc1cc(Cl)ccc1N. The van der Waals surface area contributed by atoms with Crippen molar-refractivity contribution in [2.24, 2.45) is 0 Å². The number of halogens is 4. The zero-order chi connectivity index (χ0) is 12.3. The van der Waals surface area contributed by atoms with Crippen LogP contribution in [-0.2, 0) is 0 Å². The van der Waals surface area contributed by atoms with Crippen LogP contribution in [0.1, 0.15) is 13.3 Å². The number of alkyl halides is 3. The highest BCUT2D eigenvalue weighted by molar-refractivity contribution is 6.31. The van der Waals surface area contributed by atoms with Crippen molar-refractivity contribution in [3.63, 3.8) is 0 Å². The lowest BCUT2D eigenvalue weighted by Gasteiger charge is -2.18. The predicted octanol–water partition coefficient (Wildman–Crippen LogP) is 3.68. The molecular weight excluding hydrogens is 241 g/mol. The van der Waals surface area contributed by atoms with Crippen LogP contribution in [-0.4, -0.2) is 12.2 Å². The van der Waals surface area contributed by atoms with E-state index in [0.717, 1.165) is 0 Å². The second kappa shape index (κ2) is 4.82. The average molecular weight is 253 g/mol. The minimum Gasteiger partial charge on any atom is -0.397 e. The standard InChI is InChI=1S/C10H12ClF3N2/c1-6(5-10(12,13)14)16-9-4-7(11)2-3-8(9)15/h2-4,6,16H,5,15H2,1H3. The molecule has 90 valence electrons. The number of nitrogens with one attached hydrogen (secondary N) is 1. The van der Waals surface area contributed by atoms with Gasteiger partial charge in [0.25, 0.3) is 0 Å². The van der Waals surface area contributed by atoms with E-state index in [1.54, 1.807) is 12.1 Å². The van der Waals surface area contributed by atoms with Crippen LogP contribution in [0.15, 0.2) is 18.2 Å². The van der Waals surface area contributed by atoms with Crippen molar-refractivity contribution in [1.29, 1.82) is 0 Å². The van der Waals surface area contributed by atoms with E-state index in [0.29, 0.717) is 16.4 Å². The molecule has 1 atom stereocenters. The van der Waals surface area contributed by atoms with Crippen molar-refractivity contribution in [2.75, 3.05) is 11.1 Å². The molecule has 1 aromatic rings. The molecule has 0 aliphatic carbocycles. The fourth-order valence-electron chi connectivity index (χ4n) is 1.32. The highest BCUT2D eigenvalue weighted by atomic mass is 35.5. The van der Waals surface area contributed by atoms with Gasteiger partial charge in [-0.05, 0) is 25.1 Å². The number of benzene rings is 1. The molecule has 0 aromatic heterocycles. The lowest BCUT2D eigenvalue weighted by atomic mass is 10.2. The van der Waals surface area contributed by atoms with Gasteiger partial charge in [-0.1, -0.05) is 11.6 Å². The van der Waals surface area contributed by atoms with Crippen LogP contribution in [0.4, 0.5) is 24.5 Å². The van der Waals surface area contributed by atoms with Crippen LogP contribution in [0.3, 0.4) is 0 Å². The minimum absolute atomic E-state index is 0.374. The Morgan fingerprint density at radius 3 is 2.62 bits per heavy atom. The first-order chi connectivity index (χ1) is 7.28. The van der Waals surface area contributed by atoms with Gasteiger partial charge >= 0.3 is 6.18 Å². The summed E-state index contributed by atoms with van der Waals surface area (Å²) in [4.78, 5) is 0. The third-order valence-corrected chi connectivity index (χ3v) is 2.19. The predicted molar refractivity (Wildman–Crippen MR) is 59.6 cm³/mol. The Morgan fingerprint density at radius 1 is 1.44 bits per heavy atom. The van der Waals surface area contributed by atoms with Gasteiger partial charge in [-0.25, -0.2) is 0 Å². The lowest BCUT2D eigenvalue weighted by molar-refractivity contribution is -0.136. The number of nitrogen functional groups attached to an aromatic ring is 1. The monoisotopic (exact) mass is 252 g/mol. The smallest absolute Gasteiger partial charge is 0.391 e. The molecule has 0 bridgehead atoms. The topological polar surface area (TPSA) is 38.0 Å². The number of nitrogens with two attached hydrogens (primary N) is 1. The van der Waals surface area contributed by atoms with Gasteiger partial charge in [0.1, 0.15) is 0 Å². The van der Waals surface area contributed by atoms with E-state index in [9.17, 15) is 13.2 Å². The molecule has 1 unspecified atom stereocenters. The summed E-state index contributed by atoms with van der Waals surface area (Å²) in [7, 11) is 0. The maximum atomic E-state index is 12.1. The number of hydrogen-bond acceptors (Lipinski definition) is 2. The highest BCUT2D eigenvalue weighted by Crippen LogP contribution is 2.27. The second-order valence-electron chi connectivity index (χ2n) is 3.60. The third-order valence-electron chi connectivity index (χ3n) is 1.95. The van der Waals surface area contributed by atoms with Gasteiger partial charge in [0, 0.05) is 11.1 Å². The first kappa shape index (κ1) is 13.0. The van der Waals surface area contributed by atoms with Gasteiger partial charge in [-0.15, -0.1) is 0 Å². The summed E-state index contributed by atoms with van der Waals surface area (Å²) in [6, 6.07) is 3.88. The van der Waals surface area contributed by atoms with Gasteiger partial charge in [-0.2, -0.15) is 13.2 Å². The van der Waals surface area contributed by atoms with E-state index in [-0.39, 0.29) is 0 Å². The molecule has 1 rings (SSSR count).